The standard InChI is InChI=1S/C13H17BrN2O3/c1-3-6-15-12(17)8-16-13(18)10-5-4-9(14)7-11(10)19-2/h4-5,7H,3,6,8H2,1-2H3,(H,15,17)(H,16,18). The van der Waals surface area contributed by atoms with Gasteiger partial charge in [0.25, 0.3) is 5.91 Å². The molecule has 0 aliphatic heterocycles. The Morgan fingerprint density at radius 3 is 2.68 bits per heavy atom. The Kier molecular flexibility index (Phi) is 6.35. The highest BCUT2D eigenvalue weighted by atomic mass is 79.9. The molecule has 1 aromatic carbocycles. The molecular weight excluding hydrogens is 312 g/mol. The van der Waals surface area contributed by atoms with Crippen LogP contribution in [0.5, 0.6) is 5.75 Å². The fourth-order valence-corrected chi connectivity index (χ4v) is 1.78. The summed E-state index contributed by atoms with van der Waals surface area (Å²) < 4.78 is 5.95. The Morgan fingerprint density at radius 2 is 2.05 bits per heavy atom. The van der Waals surface area contributed by atoms with Crippen LogP contribution in [0.1, 0.15) is 23.7 Å². The van der Waals surface area contributed by atoms with E-state index in [1.807, 2.05) is 6.92 Å². The molecule has 104 valence electrons. The monoisotopic (exact) mass is 328 g/mol. The second-order valence-electron chi connectivity index (χ2n) is 3.88. The van der Waals surface area contributed by atoms with Gasteiger partial charge in [0.1, 0.15) is 5.75 Å². The number of carbonyl (C=O) groups is 2. The van der Waals surface area contributed by atoms with Crippen molar-refractivity contribution in [1.29, 1.82) is 0 Å². The fourth-order valence-electron chi connectivity index (χ4n) is 1.44. The summed E-state index contributed by atoms with van der Waals surface area (Å²) >= 11 is 3.30. The van der Waals surface area contributed by atoms with Gasteiger partial charge in [-0.25, -0.2) is 0 Å². The summed E-state index contributed by atoms with van der Waals surface area (Å²) in [6.45, 7) is 2.53. The van der Waals surface area contributed by atoms with E-state index >= 15 is 0 Å². The van der Waals surface area contributed by atoms with E-state index in [0.717, 1.165) is 10.9 Å². The first kappa shape index (κ1) is 15.5. The van der Waals surface area contributed by atoms with Gasteiger partial charge in [-0.1, -0.05) is 22.9 Å². The maximum absolute atomic E-state index is 11.9. The van der Waals surface area contributed by atoms with Crippen LogP contribution in [0.15, 0.2) is 22.7 Å². The molecule has 0 spiro atoms. The lowest BCUT2D eigenvalue weighted by Gasteiger charge is -2.09. The molecule has 2 amide bonds. The van der Waals surface area contributed by atoms with Crippen molar-refractivity contribution in [3.63, 3.8) is 0 Å². The van der Waals surface area contributed by atoms with Gasteiger partial charge < -0.3 is 15.4 Å². The summed E-state index contributed by atoms with van der Waals surface area (Å²) in [7, 11) is 1.49. The summed E-state index contributed by atoms with van der Waals surface area (Å²) in [5, 5.41) is 5.24. The van der Waals surface area contributed by atoms with Crippen LogP contribution in [0.2, 0.25) is 0 Å². The van der Waals surface area contributed by atoms with Crippen LogP contribution in [0, 0.1) is 0 Å². The molecule has 0 radical (unpaired) electrons. The van der Waals surface area contributed by atoms with Crippen LogP contribution in [0.25, 0.3) is 0 Å². The summed E-state index contributed by atoms with van der Waals surface area (Å²) in [6.07, 6.45) is 0.861. The van der Waals surface area contributed by atoms with E-state index in [1.54, 1.807) is 18.2 Å². The summed E-state index contributed by atoms with van der Waals surface area (Å²) in [6, 6.07) is 5.09. The number of methoxy groups -OCH3 is 1. The Hall–Kier alpha value is -1.56. The SMILES string of the molecule is CCCNC(=O)CNC(=O)c1ccc(Br)cc1OC. The second-order valence-corrected chi connectivity index (χ2v) is 4.79. The smallest absolute Gasteiger partial charge is 0.255 e. The quantitative estimate of drug-likeness (QED) is 0.835. The van der Waals surface area contributed by atoms with Crippen molar-refractivity contribution >= 4 is 27.7 Å². The minimum absolute atomic E-state index is 0.0436. The van der Waals surface area contributed by atoms with Crippen molar-refractivity contribution < 1.29 is 14.3 Å². The molecule has 19 heavy (non-hydrogen) atoms. The van der Waals surface area contributed by atoms with E-state index in [2.05, 4.69) is 26.6 Å². The average molecular weight is 329 g/mol. The third-order valence-electron chi connectivity index (χ3n) is 2.39. The zero-order chi connectivity index (χ0) is 14.3. The highest BCUT2D eigenvalue weighted by molar-refractivity contribution is 9.10. The molecule has 2 N–H and O–H groups in total. The van der Waals surface area contributed by atoms with Crippen LogP contribution >= 0.6 is 15.9 Å². The van der Waals surface area contributed by atoms with Gasteiger partial charge in [0.2, 0.25) is 5.91 Å². The number of ether oxygens (including phenoxy) is 1. The van der Waals surface area contributed by atoms with E-state index < -0.39 is 0 Å². The third-order valence-corrected chi connectivity index (χ3v) is 2.88. The molecule has 1 rings (SSSR count). The highest BCUT2D eigenvalue weighted by Crippen LogP contribution is 2.23. The number of rotatable bonds is 6. The zero-order valence-electron chi connectivity index (χ0n) is 11.0. The predicted octanol–water partition coefficient (Wildman–Crippen LogP) is 1.71. The van der Waals surface area contributed by atoms with Gasteiger partial charge in [0.15, 0.2) is 0 Å². The van der Waals surface area contributed by atoms with E-state index in [4.69, 9.17) is 4.74 Å². The van der Waals surface area contributed by atoms with Crippen molar-refractivity contribution in [2.45, 2.75) is 13.3 Å². The minimum atomic E-state index is -0.337. The highest BCUT2D eigenvalue weighted by Gasteiger charge is 2.13. The largest absolute Gasteiger partial charge is 0.496 e. The molecule has 0 aliphatic rings. The van der Waals surface area contributed by atoms with Crippen LogP contribution < -0.4 is 15.4 Å². The third kappa shape index (κ3) is 4.90. The van der Waals surface area contributed by atoms with Crippen LogP contribution in [-0.4, -0.2) is 32.0 Å². The number of hydrogen-bond donors (Lipinski definition) is 2. The molecular formula is C13H17BrN2O3. The molecule has 0 atom stereocenters. The van der Waals surface area contributed by atoms with Gasteiger partial charge in [-0.3, -0.25) is 9.59 Å². The molecule has 6 heteroatoms. The number of nitrogens with one attached hydrogen (secondary N) is 2. The molecule has 0 saturated carbocycles. The van der Waals surface area contributed by atoms with Gasteiger partial charge in [-0.15, -0.1) is 0 Å². The van der Waals surface area contributed by atoms with E-state index in [0.29, 0.717) is 17.9 Å². The lowest BCUT2D eigenvalue weighted by atomic mass is 10.2. The lowest BCUT2D eigenvalue weighted by molar-refractivity contribution is -0.120. The molecule has 0 aliphatic carbocycles. The van der Waals surface area contributed by atoms with Crippen LogP contribution in [0.3, 0.4) is 0 Å². The number of halogens is 1. The zero-order valence-corrected chi connectivity index (χ0v) is 12.5. The Bertz CT molecular complexity index is 463. The minimum Gasteiger partial charge on any atom is -0.496 e. The fraction of sp³-hybridized carbons (Fsp3) is 0.385. The molecule has 0 saturated heterocycles. The molecule has 0 unspecified atom stereocenters. The molecule has 0 fully saturated rings. The van der Waals surface area contributed by atoms with E-state index in [-0.39, 0.29) is 18.4 Å². The molecule has 5 nitrogen and oxygen atoms in total. The summed E-state index contributed by atoms with van der Waals surface area (Å²) in [5.74, 6) is -0.0804. The van der Waals surface area contributed by atoms with Crippen LogP contribution in [-0.2, 0) is 4.79 Å². The molecule has 0 bridgehead atoms. The first-order valence-corrected chi connectivity index (χ1v) is 6.76. The Balaban J connectivity index is 2.61. The Morgan fingerprint density at radius 1 is 1.32 bits per heavy atom. The molecule has 0 aromatic heterocycles. The summed E-state index contributed by atoms with van der Waals surface area (Å²) in [5.41, 5.74) is 0.397. The van der Waals surface area contributed by atoms with Crippen molar-refractivity contribution in [2.75, 3.05) is 20.2 Å². The van der Waals surface area contributed by atoms with Crippen molar-refractivity contribution in [2.24, 2.45) is 0 Å². The first-order chi connectivity index (χ1) is 9.08. The normalized spacial score (nSPS) is 9.84. The molecule has 0 heterocycles. The lowest BCUT2D eigenvalue weighted by Crippen LogP contribution is -2.37. The maximum Gasteiger partial charge on any atom is 0.255 e. The Labute approximate surface area is 120 Å². The second kappa shape index (κ2) is 7.78. The van der Waals surface area contributed by atoms with Crippen molar-refractivity contribution in [3.05, 3.63) is 28.2 Å². The number of hydrogen-bond acceptors (Lipinski definition) is 3. The maximum atomic E-state index is 11.9. The van der Waals surface area contributed by atoms with E-state index in [1.165, 1.54) is 7.11 Å². The number of benzene rings is 1. The number of carbonyl (C=O) groups excluding carboxylic acids is 2. The van der Waals surface area contributed by atoms with Crippen molar-refractivity contribution in [1.82, 2.24) is 10.6 Å². The topological polar surface area (TPSA) is 67.4 Å². The number of amides is 2. The van der Waals surface area contributed by atoms with Gasteiger partial charge in [-0.05, 0) is 24.6 Å². The van der Waals surface area contributed by atoms with Gasteiger partial charge in [0, 0.05) is 11.0 Å². The van der Waals surface area contributed by atoms with Gasteiger partial charge in [-0.2, -0.15) is 0 Å². The predicted molar refractivity (Wildman–Crippen MR) is 76.3 cm³/mol. The average Bonchev–Trinajstić information content (AvgIpc) is 2.42. The first-order valence-electron chi connectivity index (χ1n) is 5.97. The molecule has 1 aromatic rings. The van der Waals surface area contributed by atoms with Crippen LogP contribution in [0.4, 0.5) is 0 Å². The van der Waals surface area contributed by atoms with Gasteiger partial charge >= 0.3 is 0 Å². The van der Waals surface area contributed by atoms with E-state index in [9.17, 15) is 9.59 Å². The summed E-state index contributed by atoms with van der Waals surface area (Å²) in [4.78, 5) is 23.3. The van der Waals surface area contributed by atoms with Gasteiger partial charge in [0.05, 0.1) is 19.2 Å². The van der Waals surface area contributed by atoms with Crippen molar-refractivity contribution in [3.8, 4) is 5.75 Å².